The molecule has 2 fully saturated rings. The van der Waals surface area contributed by atoms with Gasteiger partial charge in [-0.25, -0.2) is 23.8 Å². The molecule has 51 heavy (non-hydrogen) atoms. The van der Waals surface area contributed by atoms with Gasteiger partial charge in [0.15, 0.2) is 29.9 Å². The lowest BCUT2D eigenvalue weighted by Crippen LogP contribution is -2.56. The Kier molecular flexibility index (Phi) is 13.6. The van der Waals surface area contributed by atoms with Gasteiger partial charge < -0.3 is 53.2 Å². The molecular weight excluding hydrogens is 744 g/mol. The smallest absolute Gasteiger partial charge is 0.462 e. The first-order valence-electron chi connectivity index (χ1n) is 15.3. The molecule has 2 aromatic rings. The number of carbonyl (C=O) groups excluding carboxylic acids is 3. The monoisotopic (exact) mass is 785 g/mol. The third-order valence-electron chi connectivity index (χ3n) is 8.20. The van der Waals surface area contributed by atoms with Gasteiger partial charge in [0.2, 0.25) is 6.29 Å². The van der Waals surface area contributed by atoms with Crippen LogP contribution in [0.5, 0.6) is 0 Å². The van der Waals surface area contributed by atoms with Crippen molar-refractivity contribution < 1.29 is 75.3 Å². The number of phosphoric ester groups is 1. The highest BCUT2D eigenvalue weighted by molar-refractivity contribution is 8.08. The van der Waals surface area contributed by atoms with E-state index in [0.29, 0.717) is 11.2 Å². The molecule has 4 heterocycles. The number of hydrogen-bond donors (Lipinski definition) is 3. The molecule has 2 aromatic heterocycles. The number of hydrogen-bond acceptors (Lipinski definition) is 19. The highest BCUT2D eigenvalue weighted by Gasteiger charge is 2.52. The Labute approximate surface area is 297 Å². The van der Waals surface area contributed by atoms with Crippen molar-refractivity contribution in [2.45, 2.75) is 83.8 Å². The van der Waals surface area contributed by atoms with Crippen LogP contribution < -0.4 is 5.73 Å². The van der Waals surface area contributed by atoms with Crippen molar-refractivity contribution in [2.24, 2.45) is 11.8 Å². The summed E-state index contributed by atoms with van der Waals surface area (Å²) in [6, 6.07) is 0. The van der Waals surface area contributed by atoms with Crippen molar-refractivity contribution in [1.29, 1.82) is 0 Å². The van der Waals surface area contributed by atoms with Crippen LogP contribution in [0, 0.1) is 11.8 Å². The topological polar surface area (TPSA) is 271 Å². The molecule has 2 aliphatic rings. The summed E-state index contributed by atoms with van der Waals surface area (Å²) in [5.74, 6) is -3.22. The molecule has 0 bridgehead atoms. The predicted molar refractivity (Wildman–Crippen MR) is 174 cm³/mol. The Morgan fingerprint density at radius 3 is 2.29 bits per heavy atom. The number of esters is 3. The van der Waals surface area contributed by atoms with Crippen molar-refractivity contribution in [3.63, 3.8) is 0 Å². The summed E-state index contributed by atoms with van der Waals surface area (Å²) >= 11 is 5.03. The summed E-state index contributed by atoms with van der Waals surface area (Å²) in [4.78, 5) is 69.4. The Morgan fingerprint density at radius 1 is 1.00 bits per heavy atom. The van der Waals surface area contributed by atoms with Gasteiger partial charge in [-0.2, -0.15) is 0 Å². The largest absolute Gasteiger partial charge is 0.481 e. The molecule has 0 saturated carbocycles. The number of nitrogens with two attached hydrogens (primary N) is 1. The minimum Gasteiger partial charge on any atom is -0.462 e. The molecule has 286 valence electrons. The number of rotatable bonds is 15. The summed E-state index contributed by atoms with van der Waals surface area (Å²) in [5.41, 5.74) is 6.57. The second-order valence-corrected chi connectivity index (χ2v) is 16.1. The molecule has 2 saturated heterocycles. The summed E-state index contributed by atoms with van der Waals surface area (Å²) in [5, 5.41) is 0. The maximum atomic E-state index is 13.3. The normalized spacial score (nSPS) is 31.0. The van der Waals surface area contributed by atoms with E-state index in [9.17, 15) is 28.7 Å². The molecule has 0 spiro atoms. The zero-order chi connectivity index (χ0) is 37.8. The average molecular weight is 786 g/mol. The summed E-state index contributed by atoms with van der Waals surface area (Å²) in [6.07, 6.45) is -6.17. The van der Waals surface area contributed by atoms with Crippen LogP contribution in [0.4, 0.5) is 5.82 Å². The SMILES string of the molecule is COC1[C@@H](COP(O)(=S)OP(=O)(O)O[C@@H]2OC([C@@H](COC(C)=O)OC(C)=O)[C@@H](C)[C@H](C)C2OC(C)=O)O[C@@H](n2cnc3c(N)ncnc32)[C@H]1OC. The first-order valence-corrected chi connectivity index (χ1v) is 19.4. The van der Waals surface area contributed by atoms with Gasteiger partial charge in [0.05, 0.1) is 12.9 Å². The Balaban J connectivity index is 1.49. The highest BCUT2D eigenvalue weighted by atomic mass is 32.5. The van der Waals surface area contributed by atoms with E-state index in [-0.39, 0.29) is 5.82 Å². The van der Waals surface area contributed by atoms with E-state index in [1.165, 1.54) is 26.9 Å². The molecule has 5 unspecified atom stereocenters. The quantitative estimate of drug-likeness (QED) is 0.130. The van der Waals surface area contributed by atoms with Crippen LogP contribution in [0.25, 0.3) is 11.2 Å². The third-order valence-corrected chi connectivity index (χ3v) is 11.7. The van der Waals surface area contributed by atoms with Crippen LogP contribution in [0.1, 0.15) is 40.8 Å². The van der Waals surface area contributed by atoms with Crippen LogP contribution >= 0.6 is 14.5 Å². The lowest BCUT2D eigenvalue weighted by molar-refractivity contribution is -0.270. The highest BCUT2D eigenvalue weighted by Crippen LogP contribution is 2.62. The predicted octanol–water partition coefficient (Wildman–Crippen LogP) is 1.13. The molecule has 0 aliphatic carbocycles. The fourth-order valence-electron chi connectivity index (χ4n) is 5.81. The molecular formula is C27H41N5O16P2S. The average Bonchev–Trinajstić information content (AvgIpc) is 3.62. The maximum absolute atomic E-state index is 13.3. The van der Waals surface area contributed by atoms with Gasteiger partial charge >= 0.3 is 32.4 Å². The number of nitrogens with zero attached hydrogens (tertiary/aromatic N) is 4. The summed E-state index contributed by atoms with van der Waals surface area (Å²) in [6.45, 7) is 1.16. The third kappa shape index (κ3) is 10.0. The second-order valence-electron chi connectivity index (χ2n) is 11.7. The van der Waals surface area contributed by atoms with Gasteiger partial charge in [-0.3, -0.25) is 23.5 Å². The van der Waals surface area contributed by atoms with Crippen molar-refractivity contribution in [1.82, 2.24) is 19.5 Å². The van der Waals surface area contributed by atoms with Gasteiger partial charge in [0.25, 0.3) is 0 Å². The Morgan fingerprint density at radius 2 is 1.69 bits per heavy atom. The van der Waals surface area contributed by atoms with Crippen molar-refractivity contribution in [2.75, 3.05) is 33.2 Å². The van der Waals surface area contributed by atoms with Gasteiger partial charge in [-0.05, 0) is 17.7 Å². The Hall–Kier alpha value is -2.72. The molecule has 12 atom stereocenters. The van der Waals surface area contributed by atoms with Crippen LogP contribution in [0.2, 0.25) is 0 Å². The zero-order valence-electron chi connectivity index (χ0n) is 28.6. The number of fused-ring (bicyclic) bond motifs is 1. The van der Waals surface area contributed by atoms with E-state index >= 15 is 0 Å². The van der Waals surface area contributed by atoms with Crippen LogP contribution in [0.3, 0.4) is 0 Å². The van der Waals surface area contributed by atoms with Crippen molar-refractivity contribution >= 4 is 61.2 Å². The van der Waals surface area contributed by atoms with E-state index in [0.717, 1.165) is 20.8 Å². The van der Waals surface area contributed by atoms with E-state index in [1.807, 2.05) is 0 Å². The lowest BCUT2D eigenvalue weighted by Gasteiger charge is -2.45. The minimum absolute atomic E-state index is 0.145. The molecule has 4 rings (SSSR count). The van der Waals surface area contributed by atoms with E-state index in [1.54, 1.807) is 18.4 Å². The maximum Gasteiger partial charge on any atom is 0.481 e. The van der Waals surface area contributed by atoms with Gasteiger partial charge in [-0.15, -0.1) is 0 Å². The van der Waals surface area contributed by atoms with Gasteiger partial charge in [0, 0.05) is 40.9 Å². The number of aromatic nitrogens is 4. The molecule has 4 N–H and O–H groups in total. The minimum atomic E-state index is -5.38. The zero-order valence-corrected chi connectivity index (χ0v) is 31.2. The molecule has 2 aliphatic heterocycles. The number of nitrogen functional groups attached to an aromatic ring is 1. The van der Waals surface area contributed by atoms with E-state index in [2.05, 4.69) is 15.0 Å². The molecule has 21 nitrogen and oxygen atoms in total. The molecule has 0 radical (unpaired) electrons. The number of anilines is 1. The summed E-state index contributed by atoms with van der Waals surface area (Å²) < 4.78 is 69.5. The van der Waals surface area contributed by atoms with Crippen molar-refractivity contribution in [3.8, 4) is 0 Å². The lowest BCUT2D eigenvalue weighted by atomic mass is 9.81. The first kappa shape index (κ1) is 41.0. The molecule has 24 heteroatoms. The number of imidazole rings is 1. The summed E-state index contributed by atoms with van der Waals surface area (Å²) in [7, 11) is -2.57. The van der Waals surface area contributed by atoms with Crippen molar-refractivity contribution in [3.05, 3.63) is 12.7 Å². The number of carbonyl (C=O) groups is 3. The molecule has 0 amide bonds. The van der Waals surface area contributed by atoms with Gasteiger partial charge in [-0.1, -0.05) is 13.8 Å². The second kappa shape index (κ2) is 17.0. The van der Waals surface area contributed by atoms with Crippen LogP contribution in [0.15, 0.2) is 12.7 Å². The molecule has 0 aromatic carbocycles. The fraction of sp³-hybridized carbons (Fsp3) is 0.704. The Bertz CT molecular complexity index is 1670. The first-order chi connectivity index (χ1) is 23.9. The van der Waals surface area contributed by atoms with Crippen LogP contribution in [-0.4, -0.2) is 118 Å². The number of phosphoric acid groups is 1. The van der Waals surface area contributed by atoms with Crippen LogP contribution in [-0.2, 0) is 77.3 Å². The standard InChI is InChI=1S/C27H41N5O16P2S/c1-12-13(2)21(44-16(5)35)27(46-20(12)17(43-15(4)34)8-41-14(3)33)47-49(36,37)48-50(38,51)42-9-18-22(39-6)23(40-7)26(45-18)32-11-31-19-24(28)29-10-30-25(19)32/h10-13,17-18,20-23,26-27H,8-9H2,1-7H3,(H,36,37)(H,38,51)(H2,28,29,30)/t12-,13-,17+,18+,20?,21?,22?,23-,26+,27-,50?/m0/s1. The number of methoxy groups -OCH3 is 2. The fourth-order valence-corrected chi connectivity index (χ4v) is 8.90. The number of ether oxygens (including phenoxy) is 7. The van der Waals surface area contributed by atoms with E-state index < -0.39 is 107 Å². The van der Waals surface area contributed by atoms with Gasteiger partial charge in [0.1, 0.15) is 42.9 Å². The van der Waals surface area contributed by atoms with E-state index in [4.69, 9.17) is 64.1 Å².